The van der Waals surface area contributed by atoms with E-state index < -0.39 is 29.3 Å². The van der Waals surface area contributed by atoms with Crippen molar-refractivity contribution in [2.45, 2.75) is 76.4 Å². The van der Waals surface area contributed by atoms with E-state index >= 15 is 0 Å². The van der Waals surface area contributed by atoms with Gasteiger partial charge in [0.2, 0.25) is 0 Å². The summed E-state index contributed by atoms with van der Waals surface area (Å²) >= 11 is 0. The number of carboxylic acids is 1. The molecule has 0 saturated heterocycles. The van der Waals surface area contributed by atoms with Gasteiger partial charge in [-0.15, -0.1) is 0 Å². The van der Waals surface area contributed by atoms with E-state index in [4.69, 9.17) is 0 Å². The Balaban J connectivity index is 1.93. The van der Waals surface area contributed by atoms with E-state index in [2.05, 4.69) is 10.3 Å². The molecule has 206 valence electrons. The molecule has 3 rings (SSSR count). The third kappa shape index (κ3) is 6.58. The molecule has 0 radical (unpaired) electrons. The zero-order valence-electron chi connectivity index (χ0n) is 22.2. The van der Waals surface area contributed by atoms with E-state index in [9.17, 15) is 29.4 Å². The van der Waals surface area contributed by atoms with Crippen LogP contribution in [-0.4, -0.2) is 47.2 Å². The number of carbonyl (C=O) groups is 2. The lowest BCUT2D eigenvalue weighted by Gasteiger charge is -2.29. The van der Waals surface area contributed by atoms with Crippen LogP contribution in [0.1, 0.15) is 75.9 Å². The molecule has 11 heteroatoms. The zero-order valence-corrected chi connectivity index (χ0v) is 22.2. The SMILES string of the molecule is CC(NC(CCCCCCCCC=O)C(C(=O)O)n1c(=O)c2c(ncn2C)n(C)c1=O)c1ccc(O)cc1. The van der Waals surface area contributed by atoms with Crippen LogP contribution in [0.5, 0.6) is 5.75 Å². The Bertz CT molecular complexity index is 1360. The molecule has 3 atom stereocenters. The summed E-state index contributed by atoms with van der Waals surface area (Å²) in [5.74, 6) is -1.16. The Morgan fingerprint density at radius 1 is 1.05 bits per heavy atom. The average molecular weight is 528 g/mol. The second-order valence-corrected chi connectivity index (χ2v) is 9.78. The van der Waals surface area contributed by atoms with Gasteiger partial charge < -0.3 is 24.9 Å². The Morgan fingerprint density at radius 3 is 2.32 bits per heavy atom. The largest absolute Gasteiger partial charge is 0.508 e. The van der Waals surface area contributed by atoms with Crippen molar-refractivity contribution in [2.24, 2.45) is 14.1 Å². The number of fused-ring (bicyclic) bond motifs is 1. The van der Waals surface area contributed by atoms with Gasteiger partial charge >= 0.3 is 11.7 Å². The molecule has 0 aliphatic heterocycles. The number of aromatic nitrogens is 4. The van der Waals surface area contributed by atoms with Gasteiger partial charge in [-0.25, -0.2) is 19.1 Å². The van der Waals surface area contributed by atoms with Crippen molar-refractivity contribution in [1.29, 1.82) is 0 Å². The Labute approximate surface area is 220 Å². The molecule has 2 heterocycles. The maximum absolute atomic E-state index is 13.5. The summed E-state index contributed by atoms with van der Waals surface area (Å²) in [6, 6.07) is 4.09. The van der Waals surface area contributed by atoms with Crippen LogP contribution in [0.4, 0.5) is 0 Å². The lowest BCUT2D eigenvalue weighted by atomic mass is 9.97. The van der Waals surface area contributed by atoms with E-state index in [-0.39, 0.29) is 23.0 Å². The van der Waals surface area contributed by atoms with Crippen molar-refractivity contribution in [1.82, 2.24) is 24.0 Å². The number of aromatic hydroxyl groups is 1. The van der Waals surface area contributed by atoms with Crippen LogP contribution < -0.4 is 16.6 Å². The standard InChI is InChI=1S/C27H37N5O6/c1-18(19-12-14-20(34)15-13-19)29-21(11-9-7-5-4-6-8-10-16-33)22(26(36)37)32-25(35)23-24(28-17-30(23)2)31(3)27(32)38/h12-18,21-22,29,34H,4-11H2,1-3H3,(H,36,37). The van der Waals surface area contributed by atoms with Crippen LogP contribution in [0.25, 0.3) is 11.2 Å². The maximum atomic E-state index is 13.5. The summed E-state index contributed by atoms with van der Waals surface area (Å²) in [6.45, 7) is 1.87. The number of imidazole rings is 1. The van der Waals surface area contributed by atoms with Gasteiger partial charge in [0.1, 0.15) is 12.0 Å². The van der Waals surface area contributed by atoms with Crippen molar-refractivity contribution in [2.75, 3.05) is 0 Å². The summed E-state index contributed by atoms with van der Waals surface area (Å²) in [5.41, 5.74) is -0.268. The first-order valence-corrected chi connectivity index (χ1v) is 13.0. The number of carbonyl (C=O) groups excluding carboxylic acids is 1. The van der Waals surface area contributed by atoms with Crippen LogP contribution in [0.15, 0.2) is 40.2 Å². The number of phenols is 1. The maximum Gasteiger partial charge on any atom is 0.333 e. The number of hydrogen-bond donors (Lipinski definition) is 3. The number of aldehydes is 1. The fourth-order valence-electron chi connectivity index (χ4n) is 4.88. The predicted molar refractivity (Wildman–Crippen MR) is 143 cm³/mol. The fraction of sp³-hybridized carbons (Fsp3) is 0.519. The summed E-state index contributed by atoms with van der Waals surface area (Å²) in [6.07, 6.45) is 8.63. The summed E-state index contributed by atoms with van der Waals surface area (Å²) in [5, 5.41) is 23.3. The number of unbranched alkanes of at least 4 members (excludes halogenated alkanes) is 6. The summed E-state index contributed by atoms with van der Waals surface area (Å²) in [4.78, 5) is 54.1. The fourth-order valence-corrected chi connectivity index (χ4v) is 4.88. The minimum Gasteiger partial charge on any atom is -0.508 e. The van der Waals surface area contributed by atoms with E-state index in [1.807, 2.05) is 6.92 Å². The van der Waals surface area contributed by atoms with Gasteiger partial charge in [-0.05, 0) is 37.5 Å². The highest BCUT2D eigenvalue weighted by atomic mass is 16.4. The second kappa shape index (κ2) is 13.2. The number of nitrogens with one attached hydrogen (secondary N) is 1. The highest BCUT2D eigenvalue weighted by Crippen LogP contribution is 2.23. The molecule has 0 amide bonds. The average Bonchev–Trinajstić information content (AvgIpc) is 3.28. The first-order chi connectivity index (χ1) is 18.2. The monoisotopic (exact) mass is 527 g/mol. The first kappa shape index (κ1) is 28.8. The topological polar surface area (TPSA) is 148 Å². The molecular weight excluding hydrogens is 490 g/mol. The van der Waals surface area contributed by atoms with Crippen molar-refractivity contribution in [3.63, 3.8) is 0 Å². The number of nitrogens with zero attached hydrogens (tertiary/aromatic N) is 4. The van der Waals surface area contributed by atoms with E-state index in [0.29, 0.717) is 19.3 Å². The van der Waals surface area contributed by atoms with E-state index in [0.717, 1.165) is 48.5 Å². The first-order valence-electron chi connectivity index (χ1n) is 13.0. The number of hydrogen-bond acceptors (Lipinski definition) is 7. The lowest BCUT2D eigenvalue weighted by molar-refractivity contribution is -0.142. The van der Waals surface area contributed by atoms with Gasteiger partial charge in [-0.2, -0.15) is 0 Å². The number of rotatable bonds is 15. The van der Waals surface area contributed by atoms with Gasteiger partial charge in [0, 0.05) is 32.6 Å². The molecule has 3 N–H and O–H groups in total. The summed E-state index contributed by atoms with van der Waals surface area (Å²) < 4.78 is 3.51. The molecular formula is C27H37N5O6. The molecule has 0 aliphatic rings. The van der Waals surface area contributed by atoms with E-state index in [1.165, 1.54) is 22.5 Å². The van der Waals surface area contributed by atoms with Crippen molar-refractivity contribution >= 4 is 23.4 Å². The second-order valence-electron chi connectivity index (χ2n) is 9.78. The molecule has 0 saturated carbocycles. The summed E-state index contributed by atoms with van der Waals surface area (Å²) in [7, 11) is 3.09. The van der Waals surface area contributed by atoms with Crippen LogP contribution in [0, 0.1) is 0 Å². The minimum absolute atomic E-state index is 0.119. The minimum atomic E-state index is -1.45. The van der Waals surface area contributed by atoms with Crippen molar-refractivity contribution < 1.29 is 19.8 Å². The number of aliphatic carboxylic acids is 1. The van der Waals surface area contributed by atoms with Crippen LogP contribution >= 0.6 is 0 Å². The molecule has 0 spiro atoms. The Morgan fingerprint density at radius 2 is 1.68 bits per heavy atom. The molecule has 38 heavy (non-hydrogen) atoms. The third-order valence-electron chi connectivity index (χ3n) is 7.01. The smallest absolute Gasteiger partial charge is 0.333 e. The number of carboxylic acid groups (broad SMARTS) is 1. The van der Waals surface area contributed by atoms with Crippen molar-refractivity contribution in [3.8, 4) is 5.75 Å². The lowest BCUT2D eigenvalue weighted by Crippen LogP contribution is -2.52. The highest BCUT2D eigenvalue weighted by Gasteiger charge is 2.34. The van der Waals surface area contributed by atoms with Crippen LogP contribution in [-0.2, 0) is 23.7 Å². The molecule has 0 aliphatic carbocycles. The Hall–Kier alpha value is -3.73. The van der Waals surface area contributed by atoms with Crippen LogP contribution in [0.3, 0.4) is 0 Å². The van der Waals surface area contributed by atoms with Gasteiger partial charge in [-0.1, -0.05) is 44.2 Å². The quantitative estimate of drug-likeness (QED) is 0.202. The highest BCUT2D eigenvalue weighted by molar-refractivity contribution is 5.74. The number of phenolic OH excluding ortho intramolecular Hbond substituents is 1. The molecule has 11 nitrogen and oxygen atoms in total. The molecule has 3 unspecified atom stereocenters. The molecule has 0 fully saturated rings. The van der Waals surface area contributed by atoms with Crippen LogP contribution in [0.2, 0.25) is 0 Å². The molecule has 1 aromatic carbocycles. The van der Waals surface area contributed by atoms with Crippen molar-refractivity contribution in [3.05, 3.63) is 57.0 Å². The molecule has 2 aromatic heterocycles. The van der Waals surface area contributed by atoms with Gasteiger partial charge in [0.15, 0.2) is 17.2 Å². The molecule has 3 aromatic rings. The third-order valence-corrected chi connectivity index (χ3v) is 7.01. The van der Waals surface area contributed by atoms with Gasteiger partial charge in [0.05, 0.1) is 6.33 Å². The van der Waals surface area contributed by atoms with Gasteiger partial charge in [-0.3, -0.25) is 9.36 Å². The Kier molecular flexibility index (Phi) is 10.0. The van der Waals surface area contributed by atoms with E-state index in [1.54, 1.807) is 31.3 Å². The number of aryl methyl sites for hydroxylation is 2. The predicted octanol–water partition coefficient (Wildman–Crippen LogP) is 2.80. The normalized spacial score (nSPS) is 13.9. The molecule has 0 bridgehead atoms. The number of benzene rings is 1. The van der Waals surface area contributed by atoms with Gasteiger partial charge in [0.25, 0.3) is 5.56 Å². The zero-order chi connectivity index (χ0) is 27.8.